The average molecular weight is 411 g/mol. The number of carbonyl (C=O) groups is 1. The van der Waals surface area contributed by atoms with Crippen LogP contribution in [-0.4, -0.2) is 35.7 Å². The van der Waals surface area contributed by atoms with Gasteiger partial charge in [0, 0.05) is 28.2 Å². The summed E-state index contributed by atoms with van der Waals surface area (Å²) < 4.78 is 10.9. The van der Waals surface area contributed by atoms with E-state index in [-0.39, 0.29) is 12.1 Å². The second kappa shape index (κ2) is 8.21. The van der Waals surface area contributed by atoms with E-state index in [1.807, 2.05) is 49.4 Å². The molecule has 5 nitrogen and oxygen atoms in total. The molecule has 6 heteroatoms. The molecule has 150 valence electrons. The van der Waals surface area contributed by atoms with Gasteiger partial charge in [0.25, 0.3) is 0 Å². The second-order valence-corrected chi connectivity index (χ2v) is 7.36. The Hall–Kier alpha value is -2.92. The minimum absolute atomic E-state index is 0.266. The highest BCUT2D eigenvalue weighted by Gasteiger charge is 2.35. The first-order valence-corrected chi connectivity index (χ1v) is 10.1. The van der Waals surface area contributed by atoms with Gasteiger partial charge >= 0.3 is 6.09 Å². The molecule has 1 N–H and O–H groups in total. The summed E-state index contributed by atoms with van der Waals surface area (Å²) >= 11 is 6.23. The summed E-state index contributed by atoms with van der Waals surface area (Å²) in [5.74, 6) is 0.760. The van der Waals surface area contributed by atoms with Crippen LogP contribution in [-0.2, 0) is 11.2 Å². The molecule has 0 radical (unpaired) electrons. The maximum atomic E-state index is 12.7. The average Bonchev–Trinajstić information content (AvgIpc) is 3.10. The Bertz CT molecular complexity index is 1040. The Morgan fingerprint density at radius 3 is 2.83 bits per heavy atom. The van der Waals surface area contributed by atoms with E-state index in [1.165, 1.54) is 5.56 Å². The molecule has 0 bridgehead atoms. The molecule has 1 aliphatic heterocycles. The number of ether oxygens (including phenoxy) is 2. The molecule has 4 rings (SSSR count). The van der Waals surface area contributed by atoms with E-state index < -0.39 is 0 Å². The molecule has 0 fully saturated rings. The molecular formula is C23H23ClN2O3. The first-order valence-electron chi connectivity index (χ1n) is 9.69. The molecule has 3 aromatic rings. The van der Waals surface area contributed by atoms with Gasteiger partial charge in [0.05, 0.1) is 6.61 Å². The maximum Gasteiger partial charge on any atom is 0.410 e. The third-order valence-electron chi connectivity index (χ3n) is 5.16. The van der Waals surface area contributed by atoms with Crippen molar-refractivity contribution in [1.29, 1.82) is 0 Å². The van der Waals surface area contributed by atoms with Gasteiger partial charge in [-0.25, -0.2) is 4.79 Å². The zero-order chi connectivity index (χ0) is 20.4. The molecule has 1 aromatic heterocycles. The van der Waals surface area contributed by atoms with Crippen LogP contribution in [0.4, 0.5) is 4.79 Å². The standard InChI is InChI=1S/C23H23ClN2O3/c1-3-13-29-17-8-5-15(6-9-17)22-21-18(11-12-26(22)23(27)28-4-2)19-14-16(24)7-10-20(19)25-21/h3,5-10,14,22,25H,1,4,11-13H2,2H3. The lowest BCUT2D eigenvalue weighted by molar-refractivity contribution is 0.0932. The fourth-order valence-electron chi connectivity index (χ4n) is 3.91. The monoisotopic (exact) mass is 410 g/mol. The van der Waals surface area contributed by atoms with E-state index in [4.69, 9.17) is 21.1 Å². The zero-order valence-corrected chi connectivity index (χ0v) is 17.0. The summed E-state index contributed by atoms with van der Waals surface area (Å²) in [5, 5.41) is 1.80. The van der Waals surface area contributed by atoms with Crippen molar-refractivity contribution in [2.24, 2.45) is 0 Å². The number of benzene rings is 2. The number of hydrogen-bond donors (Lipinski definition) is 1. The molecule has 0 aliphatic carbocycles. The molecule has 0 saturated carbocycles. The van der Waals surface area contributed by atoms with Crippen molar-refractivity contribution < 1.29 is 14.3 Å². The fourth-order valence-corrected chi connectivity index (χ4v) is 4.08. The second-order valence-electron chi connectivity index (χ2n) is 6.92. The third kappa shape index (κ3) is 3.70. The summed E-state index contributed by atoms with van der Waals surface area (Å²) in [7, 11) is 0. The quantitative estimate of drug-likeness (QED) is 0.566. The van der Waals surface area contributed by atoms with Gasteiger partial charge in [0.15, 0.2) is 0 Å². The minimum atomic E-state index is -0.313. The predicted molar refractivity (Wildman–Crippen MR) is 115 cm³/mol. The number of hydrogen-bond acceptors (Lipinski definition) is 3. The Morgan fingerprint density at radius 1 is 1.31 bits per heavy atom. The normalized spacial score (nSPS) is 15.8. The van der Waals surface area contributed by atoms with Crippen LogP contribution in [0.15, 0.2) is 55.1 Å². The number of H-pyrrole nitrogens is 1. The summed E-state index contributed by atoms with van der Waals surface area (Å²) in [6.45, 7) is 6.85. The maximum absolute atomic E-state index is 12.7. The highest BCUT2D eigenvalue weighted by Crippen LogP contribution is 2.39. The smallest absolute Gasteiger partial charge is 0.410 e. The van der Waals surface area contributed by atoms with Crippen LogP contribution in [0.25, 0.3) is 10.9 Å². The summed E-state index contributed by atoms with van der Waals surface area (Å²) in [6, 6.07) is 13.4. The van der Waals surface area contributed by atoms with E-state index in [0.717, 1.165) is 34.3 Å². The van der Waals surface area contributed by atoms with Gasteiger partial charge in [-0.15, -0.1) is 0 Å². The van der Waals surface area contributed by atoms with Gasteiger partial charge in [-0.2, -0.15) is 0 Å². The number of rotatable bonds is 5. The van der Waals surface area contributed by atoms with Crippen LogP contribution in [0.3, 0.4) is 0 Å². The lowest BCUT2D eigenvalue weighted by atomic mass is 9.92. The molecule has 0 saturated heterocycles. The molecule has 29 heavy (non-hydrogen) atoms. The van der Waals surface area contributed by atoms with Crippen LogP contribution >= 0.6 is 11.6 Å². The third-order valence-corrected chi connectivity index (χ3v) is 5.39. The molecule has 2 aromatic carbocycles. The molecule has 1 atom stereocenters. The molecular weight excluding hydrogens is 388 g/mol. The number of aromatic nitrogens is 1. The van der Waals surface area contributed by atoms with Crippen LogP contribution in [0.2, 0.25) is 5.02 Å². The van der Waals surface area contributed by atoms with Crippen molar-refractivity contribution in [1.82, 2.24) is 9.88 Å². The molecule has 2 heterocycles. The van der Waals surface area contributed by atoms with Crippen molar-refractivity contribution in [3.8, 4) is 5.75 Å². The van der Waals surface area contributed by atoms with Crippen molar-refractivity contribution in [2.75, 3.05) is 19.8 Å². The number of fused-ring (bicyclic) bond motifs is 3. The Balaban J connectivity index is 1.79. The highest BCUT2D eigenvalue weighted by molar-refractivity contribution is 6.31. The molecule has 1 aliphatic rings. The van der Waals surface area contributed by atoms with E-state index in [0.29, 0.717) is 24.8 Å². The van der Waals surface area contributed by atoms with E-state index in [9.17, 15) is 4.79 Å². The van der Waals surface area contributed by atoms with Gasteiger partial charge < -0.3 is 14.5 Å². The van der Waals surface area contributed by atoms with Gasteiger partial charge in [0.2, 0.25) is 0 Å². The number of amides is 1. The van der Waals surface area contributed by atoms with Gasteiger partial charge in [0.1, 0.15) is 18.4 Å². The molecule has 0 spiro atoms. The summed E-state index contributed by atoms with van der Waals surface area (Å²) in [4.78, 5) is 18.0. The number of nitrogens with zero attached hydrogens (tertiary/aromatic N) is 1. The number of halogens is 1. The van der Waals surface area contributed by atoms with Crippen LogP contribution < -0.4 is 4.74 Å². The molecule has 1 amide bonds. The summed E-state index contributed by atoms with van der Waals surface area (Å²) in [6.07, 6.45) is 2.14. The molecule has 1 unspecified atom stereocenters. The number of aromatic amines is 1. The fraction of sp³-hybridized carbons (Fsp3) is 0.261. The predicted octanol–water partition coefficient (Wildman–Crippen LogP) is 5.49. The van der Waals surface area contributed by atoms with Gasteiger partial charge in [-0.1, -0.05) is 36.4 Å². The minimum Gasteiger partial charge on any atom is -0.490 e. The lowest BCUT2D eigenvalue weighted by Gasteiger charge is -2.35. The zero-order valence-electron chi connectivity index (χ0n) is 16.3. The largest absolute Gasteiger partial charge is 0.490 e. The van der Waals surface area contributed by atoms with Crippen molar-refractivity contribution in [3.05, 3.63) is 77.0 Å². The van der Waals surface area contributed by atoms with E-state index >= 15 is 0 Å². The van der Waals surface area contributed by atoms with E-state index in [1.54, 1.807) is 11.0 Å². The van der Waals surface area contributed by atoms with Gasteiger partial charge in [-0.05, 0) is 54.8 Å². The highest BCUT2D eigenvalue weighted by atomic mass is 35.5. The van der Waals surface area contributed by atoms with Crippen molar-refractivity contribution in [2.45, 2.75) is 19.4 Å². The first-order chi connectivity index (χ1) is 14.1. The van der Waals surface area contributed by atoms with E-state index in [2.05, 4.69) is 11.6 Å². The van der Waals surface area contributed by atoms with Crippen LogP contribution in [0.1, 0.15) is 29.8 Å². The SMILES string of the molecule is C=CCOc1ccc(C2c3[nH]c4ccc(Cl)cc4c3CCN2C(=O)OCC)cc1. The van der Waals surface area contributed by atoms with Crippen LogP contribution in [0.5, 0.6) is 5.75 Å². The Morgan fingerprint density at radius 2 is 2.10 bits per heavy atom. The Labute approximate surface area is 174 Å². The van der Waals surface area contributed by atoms with Crippen molar-refractivity contribution in [3.63, 3.8) is 0 Å². The number of nitrogens with one attached hydrogen (secondary N) is 1. The summed E-state index contributed by atoms with van der Waals surface area (Å²) in [5.41, 5.74) is 4.20. The van der Waals surface area contributed by atoms with Crippen LogP contribution in [0, 0.1) is 0 Å². The Kier molecular flexibility index (Phi) is 5.49. The van der Waals surface area contributed by atoms with Crippen molar-refractivity contribution >= 4 is 28.6 Å². The van der Waals surface area contributed by atoms with Gasteiger partial charge in [-0.3, -0.25) is 4.90 Å². The number of carbonyl (C=O) groups excluding carboxylic acids is 1. The lowest BCUT2D eigenvalue weighted by Crippen LogP contribution is -2.40. The topological polar surface area (TPSA) is 54.6 Å². The first kappa shape index (κ1) is 19.4.